The van der Waals surface area contributed by atoms with Gasteiger partial charge in [0.1, 0.15) is 23.0 Å². The monoisotopic (exact) mass is 379 g/mol. The number of halogens is 3. The topological polar surface area (TPSA) is 68.5 Å². The van der Waals surface area contributed by atoms with Crippen LogP contribution in [0, 0.1) is 18.6 Å². The zero-order valence-corrected chi connectivity index (χ0v) is 14.2. The van der Waals surface area contributed by atoms with Crippen molar-refractivity contribution < 1.29 is 22.7 Å². The van der Waals surface area contributed by atoms with Crippen molar-refractivity contribution in [3.63, 3.8) is 0 Å². The van der Waals surface area contributed by atoms with Crippen molar-refractivity contribution >= 4 is 34.2 Å². The smallest absolute Gasteiger partial charge is 0.336 e. The number of carbonyl (C=O) groups excluding carboxylic acids is 1. The third-order valence-corrected chi connectivity index (χ3v) is 3.86. The van der Waals surface area contributed by atoms with E-state index in [1.165, 1.54) is 12.1 Å². The zero-order chi connectivity index (χ0) is 18.8. The molecule has 5 nitrogen and oxygen atoms in total. The lowest BCUT2D eigenvalue weighted by molar-refractivity contribution is -0.118. The third kappa shape index (κ3) is 3.83. The van der Waals surface area contributed by atoms with Crippen LogP contribution in [0.4, 0.5) is 14.5 Å². The molecule has 0 saturated carbocycles. The summed E-state index contributed by atoms with van der Waals surface area (Å²) in [5.41, 5.74) is 0.257. The molecule has 0 fully saturated rings. The minimum absolute atomic E-state index is 0.127. The molecule has 0 aliphatic heterocycles. The van der Waals surface area contributed by atoms with Crippen LogP contribution in [0.1, 0.15) is 5.56 Å². The predicted octanol–water partition coefficient (Wildman–Crippen LogP) is 4.05. The Morgan fingerprint density at radius 3 is 2.73 bits per heavy atom. The molecule has 2 aromatic carbocycles. The highest BCUT2D eigenvalue weighted by Crippen LogP contribution is 2.31. The molecule has 0 aliphatic rings. The lowest BCUT2D eigenvalue weighted by atomic mass is 10.1. The highest BCUT2D eigenvalue weighted by Gasteiger charge is 2.12. The van der Waals surface area contributed by atoms with E-state index in [0.717, 1.165) is 12.1 Å². The number of anilines is 1. The number of nitrogens with one attached hydrogen (secondary N) is 1. The van der Waals surface area contributed by atoms with Crippen LogP contribution in [0.3, 0.4) is 0 Å². The standard InChI is InChI=1S/C18H12ClF2NO4/c1-9-4-18(24)26-15-7-16(12(19)6-11(9)15)25-8-17(23)22-14-3-2-10(20)5-13(14)21/h2-7H,8H2,1H3,(H,22,23). The number of hydrogen-bond acceptors (Lipinski definition) is 4. The van der Waals surface area contributed by atoms with Gasteiger partial charge >= 0.3 is 5.63 Å². The Bertz CT molecular complexity index is 1060. The van der Waals surface area contributed by atoms with Gasteiger partial charge in [-0.3, -0.25) is 4.79 Å². The number of hydrogen-bond donors (Lipinski definition) is 1. The largest absolute Gasteiger partial charge is 0.482 e. The Hall–Kier alpha value is -2.93. The lowest BCUT2D eigenvalue weighted by Gasteiger charge is -2.10. The molecule has 134 valence electrons. The molecular weight excluding hydrogens is 368 g/mol. The maximum absolute atomic E-state index is 13.5. The highest BCUT2D eigenvalue weighted by molar-refractivity contribution is 6.32. The number of carbonyl (C=O) groups is 1. The normalized spacial score (nSPS) is 10.8. The van der Waals surface area contributed by atoms with Crippen molar-refractivity contribution in [2.45, 2.75) is 6.92 Å². The molecule has 1 N–H and O–H groups in total. The van der Waals surface area contributed by atoms with Crippen LogP contribution in [0.25, 0.3) is 11.0 Å². The molecule has 26 heavy (non-hydrogen) atoms. The predicted molar refractivity (Wildman–Crippen MR) is 92.7 cm³/mol. The van der Waals surface area contributed by atoms with Crippen LogP contribution < -0.4 is 15.7 Å². The Morgan fingerprint density at radius 1 is 1.23 bits per heavy atom. The van der Waals surface area contributed by atoms with E-state index in [9.17, 15) is 18.4 Å². The maximum Gasteiger partial charge on any atom is 0.336 e. The van der Waals surface area contributed by atoms with Crippen molar-refractivity contribution in [1.82, 2.24) is 0 Å². The molecule has 0 radical (unpaired) electrons. The SMILES string of the molecule is Cc1cc(=O)oc2cc(OCC(=O)Nc3ccc(F)cc3F)c(Cl)cc12. The Balaban J connectivity index is 1.75. The first kappa shape index (κ1) is 17.9. The van der Waals surface area contributed by atoms with Crippen LogP contribution in [-0.4, -0.2) is 12.5 Å². The van der Waals surface area contributed by atoms with Crippen molar-refractivity contribution in [3.05, 3.63) is 69.0 Å². The van der Waals surface area contributed by atoms with Crippen molar-refractivity contribution in [2.75, 3.05) is 11.9 Å². The number of amides is 1. The van der Waals surface area contributed by atoms with Gasteiger partial charge in [-0.15, -0.1) is 0 Å². The van der Waals surface area contributed by atoms with E-state index in [4.69, 9.17) is 20.8 Å². The Kier molecular flexibility index (Phi) is 4.90. The molecule has 8 heteroatoms. The number of fused-ring (bicyclic) bond motifs is 1. The van der Waals surface area contributed by atoms with Crippen LogP contribution >= 0.6 is 11.6 Å². The fourth-order valence-electron chi connectivity index (χ4n) is 2.35. The van der Waals surface area contributed by atoms with E-state index < -0.39 is 29.8 Å². The summed E-state index contributed by atoms with van der Waals surface area (Å²) in [5, 5.41) is 3.12. The summed E-state index contributed by atoms with van der Waals surface area (Å²) in [6.07, 6.45) is 0. The van der Waals surface area contributed by atoms with Crippen molar-refractivity contribution in [3.8, 4) is 5.75 Å². The molecule has 0 spiro atoms. The Labute approximate surface area is 151 Å². The van der Waals surface area contributed by atoms with Gasteiger partial charge in [0.05, 0.1) is 10.7 Å². The van der Waals surface area contributed by atoms with E-state index >= 15 is 0 Å². The lowest BCUT2D eigenvalue weighted by Crippen LogP contribution is -2.21. The molecule has 0 aliphatic carbocycles. The van der Waals surface area contributed by atoms with Gasteiger partial charge in [-0.1, -0.05) is 11.6 Å². The van der Waals surface area contributed by atoms with Crippen molar-refractivity contribution in [2.24, 2.45) is 0 Å². The number of benzene rings is 2. The van der Waals surface area contributed by atoms with Crippen LogP contribution in [0.15, 0.2) is 45.6 Å². The van der Waals surface area contributed by atoms with Crippen LogP contribution in [0.2, 0.25) is 5.02 Å². The maximum atomic E-state index is 13.5. The van der Waals surface area contributed by atoms with Gasteiger partial charge in [0, 0.05) is 23.6 Å². The first-order valence-corrected chi connectivity index (χ1v) is 7.83. The molecule has 0 unspecified atom stereocenters. The van der Waals surface area contributed by atoms with Crippen LogP contribution in [0.5, 0.6) is 5.75 Å². The van der Waals surface area contributed by atoms with Gasteiger partial charge in [0.25, 0.3) is 5.91 Å². The summed E-state index contributed by atoms with van der Waals surface area (Å²) in [4.78, 5) is 23.4. The van der Waals surface area contributed by atoms with Crippen molar-refractivity contribution in [1.29, 1.82) is 0 Å². The van der Waals surface area contributed by atoms with Crippen LogP contribution in [-0.2, 0) is 4.79 Å². The average Bonchev–Trinajstić information content (AvgIpc) is 2.56. The van der Waals surface area contributed by atoms with E-state index in [-0.39, 0.29) is 22.0 Å². The third-order valence-electron chi connectivity index (χ3n) is 3.57. The first-order valence-electron chi connectivity index (χ1n) is 7.45. The minimum Gasteiger partial charge on any atom is -0.482 e. The second kappa shape index (κ2) is 7.13. The molecular formula is C18H12ClF2NO4. The van der Waals surface area contributed by atoms with E-state index in [1.807, 2.05) is 0 Å². The van der Waals surface area contributed by atoms with Gasteiger partial charge in [0.2, 0.25) is 0 Å². The molecule has 1 amide bonds. The summed E-state index contributed by atoms with van der Waals surface area (Å²) in [6, 6.07) is 7.07. The summed E-state index contributed by atoms with van der Waals surface area (Å²) in [6.45, 7) is 1.26. The molecule has 3 rings (SSSR count). The number of ether oxygens (including phenoxy) is 1. The fourth-order valence-corrected chi connectivity index (χ4v) is 2.57. The molecule has 0 saturated heterocycles. The molecule has 3 aromatic rings. The van der Waals surface area contributed by atoms with Gasteiger partial charge in [-0.2, -0.15) is 0 Å². The van der Waals surface area contributed by atoms with E-state index in [0.29, 0.717) is 17.0 Å². The molecule has 0 atom stereocenters. The molecule has 1 aromatic heterocycles. The first-order chi connectivity index (χ1) is 12.3. The molecule has 0 bridgehead atoms. The minimum atomic E-state index is -0.903. The number of rotatable bonds is 4. The highest BCUT2D eigenvalue weighted by atomic mass is 35.5. The second-order valence-electron chi connectivity index (χ2n) is 5.49. The fraction of sp³-hybridized carbons (Fsp3) is 0.111. The van der Waals surface area contributed by atoms with Gasteiger partial charge in [-0.25, -0.2) is 13.6 Å². The van der Waals surface area contributed by atoms with E-state index in [2.05, 4.69) is 5.32 Å². The van der Waals surface area contributed by atoms with Gasteiger partial charge < -0.3 is 14.5 Å². The van der Waals surface area contributed by atoms with E-state index in [1.54, 1.807) is 13.0 Å². The van der Waals surface area contributed by atoms with Gasteiger partial charge in [0.15, 0.2) is 6.61 Å². The second-order valence-corrected chi connectivity index (χ2v) is 5.90. The summed E-state index contributed by atoms with van der Waals surface area (Å²) in [7, 11) is 0. The van der Waals surface area contributed by atoms with Gasteiger partial charge in [-0.05, 0) is 30.7 Å². The summed E-state index contributed by atoms with van der Waals surface area (Å²) < 4.78 is 36.8. The molecule has 1 heterocycles. The summed E-state index contributed by atoms with van der Waals surface area (Å²) >= 11 is 6.12. The quantitative estimate of drug-likeness (QED) is 0.694. The summed E-state index contributed by atoms with van der Waals surface area (Å²) in [5.74, 6) is -2.20. The zero-order valence-electron chi connectivity index (χ0n) is 13.4. The number of aryl methyl sites for hydroxylation is 1. The Morgan fingerprint density at radius 2 is 2.00 bits per heavy atom. The average molecular weight is 380 g/mol.